The van der Waals surface area contributed by atoms with E-state index in [4.69, 9.17) is 5.73 Å². The lowest BCUT2D eigenvalue weighted by Crippen LogP contribution is -2.33. The van der Waals surface area contributed by atoms with Crippen LogP contribution in [0.25, 0.3) is 11.0 Å². The third-order valence-corrected chi connectivity index (χ3v) is 3.63. The van der Waals surface area contributed by atoms with Crippen molar-refractivity contribution >= 4 is 22.7 Å². The Kier molecular flexibility index (Phi) is 2.63. The van der Waals surface area contributed by atoms with Crippen molar-refractivity contribution in [1.82, 2.24) is 9.97 Å². The van der Waals surface area contributed by atoms with Crippen LogP contribution in [0.4, 0.5) is 11.6 Å². The molecule has 18 heavy (non-hydrogen) atoms. The summed E-state index contributed by atoms with van der Waals surface area (Å²) in [6.07, 6.45) is 3.95. The monoisotopic (exact) mass is 246 g/mol. The molecular formula is C13H18N4O. The summed E-state index contributed by atoms with van der Waals surface area (Å²) in [7, 11) is 0. The van der Waals surface area contributed by atoms with Gasteiger partial charge in [-0.05, 0) is 31.0 Å². The van der Waals surface area contributed by atoms with Crippen molar-refractivity contribution in [2.45, 2.75) is 31.3 Å². The lowest BCUT2D eigenvalue weighted by atomic mass is 10.0. The Labute approximate surface area is 105 Å². The number of anilines is 2. The van der Waals surface area contributed by atoms with E-state index < -0.39 is 5.60 Å². The van der Waals surface area contributed by atoms with Crippen LogP contribution in [0.15, 0.2) is 18.2 Å². The molecule has 1 heterocycles. The number of rotatable bonds is 3. The van der Waals surface area contributed by atoms with Crippen LogP contribution in [0.5, 0.6) is 0 Å². The van der Waals surface area contributed by atoms with Crippen LogP contribution in [0, 0.1) is 0 Å². The van der Waals surface area contributed by atoms with Crippen molar-refractivity contribution in [3.05, 3.63) is 18.2 Å². The Bertz CT molecular complexity index is 557. The molecule has 0 atom stereocenters. The number of hydrogen-bond acceptors (Lipinski definition) is 4. The van der Waals surface area contributed by atoms with E-state index in [0.717, 1.165) is 36.7 Å². The van der Waals surface area contributed by atoms with Gasteiger partial charge in [0.05, 0.1) is 16.6 Å². The number of fused-ring (bicyclic) bond motifs is 1. The van der Waals surface area contributed by atoms with Crippen LogP contribution >= 0.6 is 0 Å². The molecule has 0 amide bonds. The Morgan fingerprint density at radius 3 is 2.94 bits per heavy atom. The van der Waals surface area contributed by atoms with Gasteiger partial charge in [0.2, 0.25) is 5.95 Å². The molecule has 1 aromatic carbocycles. The number of H-pyrrole nitrogens is 1. The van der Waals surface area contributed by atoms with Crippen LogP contribution < -0.4 is 11.1 Å². The van der Waals surface area contributed by atoms with Gasteiger partial charge in [0.25, 0.3) is 0 Å². The lowest BCUT2D eigenvalue weighted by molar-refractivity contribution is 0.0613. The van der Waals surface area contributed by atoms with Gasteiger partial charge in [-0.25, -0.2) is 4.98 Å². The molecule has 5 heteroatoms. The summed E-state index contributed by atoms with van der Waals surface area (Å²) in [5.74, 6) is 0.691. The van der Waals surface area contributed by atoms with Gasteiger partial charge < -0.3 is 21.1 Å². The second kappa shape index (κ2) is 4.17. The van der Waals surface area contributed by atoms with Crippen LogP contribution in [-0.2, 0) is 0 Å². The molecule has 0 bridgehead atoms. The molecule has 3 rings (SSSR count). The van der Waals surface area contributed by atoms with E-state index in [-0.39, 0.29) is 0 Å². The summed E-state index contributed by atoms with van der Waals surface area (Å²) < 4.78 is 0. The maximum Gasteiger partial charge on any atom is 0.201 e. The molecule has 1 aliphatic carbocycles. The first-order valence-electron chi connectivity index (χ1n) is 6.36. The molecule has 5 N–H and O–H groups in total. The number of aromatic amines is 1. The standard InChI is InChI=1S/C13H18N4O/c14-9-3-4-10-11(7-9)17-12(16-10)15-8-13(18)5-1-2-6-13/h3-4,7,18H,1-2,5-6,8,14H2,(H2,15,16,17). The zero-order chi connectivity index (χ0) is 12.6. The highest BCUT2D eigenvalue weighted by Crippen LogP contribution is 2.29. The second-order valence-corrected chi connectivity index (χ2v) is 5.15. The van der Waals surface area contributed by atoms with Crippen molar-refractivity contribution in [2.75, 3.05) is 17.6 Å². The van der Waals surface area contributed by atoms with Gasteiger partial charge in [-0.15, -0.1) is 0 Å². The average Bonchev–Trinajstić information content (AvgIpc) is 2.93. The number of nitrogen functional groups attached to an aromatic ring is 1. The number of nitrogens with two attached hydrogens (primary N) is 1. The van der Waals surface area contributed by atoms with E-state index in [1.54, 1.807) is 0 Å². The third kappa shape index (κ3) is 2.13. The minimum atomic E-state index is -0.571. The Balaban J connectivity index is 1.74. The summed E-state index contributed by atoms with van der Waals surface area (Å²) in [5.41, 5.74) is 7.66. The van der Waals surface area contributed by atoms with E-state index in [1.165, 1.54) is 0 Å². The molecule has 1 aliphatic rings. The predicted molar refractivity (Wildman–Crippen MR) is 72.4 cm³/mol. The van der Waals surface area contributed by atoms with Gasteiger partial charge in [-0.1, -0.05) is 12.8 Å². The Morgan fingerprint density at radius 1 is 1.39 bits per heavy atom. The number of nitrogens with one attached hydrogen (secondary N) is 2. The average molecular weight is 246 g/mol. The van der Waals surface area contributed by atoms with E-state index in [1.807, 2.05) is 18.2 Å². The van der Waals surface area contributed by atoms with Crippen molar-refractivity contribution < 1.29 is 5.11 Å². The molecule has 0 spiro atoms. The SMILES string of the molecule is Nc1ccc2nc(NCC3(O)CCCC3)[nH]c2c1. The van der Waals surface area contributed by atoms with E-state index in [9.17, 15) is 5.11 Å². The molecule has 2 aromatic rings. The van der Waals surface area contributed by atoms with Crippen molar-refractivity contribution in [2.24, 2.45) is 0 Å². The first-order chi connectivity index (χ1) is 8.65. The molecule has 5 nitrogen and oxygen atoms in total. The van der Waals surface area contributed by atoms with Crippen LogP contribution in [0.1, 0.15) is 25.7 Å². The van der Waals surface area contributed by atoms with Gasteiger partial charge in [-0.2, -0.15) is 0 Å². The number of benzene rings is 1. The summed E-state index contributed by atoms with van der Waals surface area (Å²) in [6, 6.07) is 5.58. The maximum absolute atomic E-state index is 10.2. The molecule has 1 aromatic heterocycles. The zero-order valence-corrected chi connectivity index (χ0v) is 10.2. The molecule has 1 fully saturated rings. The van der Waals surface area contributed by atoms with Gasteiger partial charge >= 0.3 is 0 Å². The quantitative estimate of drug-likeness (QED) is 0.623. The molecule has 0 radical (unpaired) electrons. The molecular weight excluding hydrogens is 228 g/mol. The first-order valence-corrected chi connectivity index (χ1v) is 6.36. The summed E-state index contributed by atoms with van der Waals surface area (Å²) in [6.45, 7) is 0.544. The van der Waals surface area contributed by atoms with Crippen molar-refractivity contribution in [3.8, 4) is 0 Å². The highest BCUT2D eigenvalue weighted by molar-refractivity contribution is 5.80. The fourth-order valence-corrected chi connectivity index (χ4v) is 2.57. The number of imidazole rings is 1. The van der Waals surface area contributed by atoms with Gasteiger partial charge in [0.1, 0.15) is 0 Å². The molecule has 0 saturated heterocycles. The van der Waals surface area contributed by atoms with Crippen LogP contribution in [0.3, 0.4) is 0 Å². The van der Waals surface area contributed by atoms with Crippen molar-refractivity contribution in [3.63, 3.8) is 0 Å². The zero-order valence-electron chi connectivity index (χ0n) is 10.2. The topological polar surface area (TPSA) is 87.0 Å². The number of hydrogen-bond donors (Lipinski definition) is 4. The molecule has 1 saturated carbocycles. The smallest absolute Gasteiger partial charge is 0.201 e. The van der Waals surface area contributed by atoms with E-state index >= 15 is 0 Å². The minimum Gasteiger partial charge on any atom is -0.399 e. The van der Waals surface area contributed by atoms with Crippen LogP contribution in [-0.4, -0.2) is 27.2 Å². The van der Waals surface area contributed by atoms with Crippen LogP contribution in [0.2, 0.25) is 0 Å². The van der Waals surface area contributed by atoms with Gasteiger partial charge in [0.15, 0.2) is 0 Å². The molecule has 0 aliphatic heterocycles. The molecule has 0 unspecified atom stereocenters. The van der Waals surface area contributed by atoms with Gasteiger partial charge in [0, 0.05) is 12.2 Å². The fourth-order valence-electron chi connectivity index (χ4n) is 2.57. The fraction of sp³-hybridized carbons (Fsp3) is 0.462. The highest BCUT2D eigenvalue weighted by Gasteiger charge is 2.30. The second-order valence-electron chi connectivity index (χ2n) is 5.15. The van der Waals surface area contributed by atoms with E-state index in [0.29, 0.717) is 18.2 Å². The minimum absolute atomic E-state index is 0.544. The summed E-state index contributed by atoms with van der Waals surface area (Å²) in [5, 5.41) is 13.4. The number of aromatic nitrogens is 2. The predicted octanol–water partition coefficient (Wildman–Crippen LogP) is 1.86. The largest absolute Gasteiger partial charge is 0.399 e. The first kappa shape index (κ1) is 11.3. The molecule has 96 valence electrons. The van der Waals surface area contributed by atoms with E-state index in [2.05, 4.69) is 15.3 Å². The normalized spacial score (nSPS) is 18.3. The third-order valence-electron chi connectivity index (χ3n) is 3.63. The number of nitrogens with zero attached hydrogens (tertiary/aromatic N) is 1. The summed E-state index contributed by atoms with van der Waals surface area (Å²) in [4.78, 5) is 7.58. The lowest BCUT2D eigenvalue weighted by Gasteiger charge is -2.21. The Morgan fingerprint density at radius 2 is 2.17 bits per heavy atom. The highest BCUT2D eigenvalue weighted by atomic mass is 16.3. The number of aliphatic hydroxyl groups is 1. The Hall–Kier alpha value is -1.75. The van der Waals surface area contributed by atoms with Gasteiger partial charge in [-0.3, -0.25) is 0 Å². The summed E-state index contributed by atoms with van der Waals surface area (Å²) >= 11 is 0. The van der Waals surface area contributed by atoms with Crippen molar-refractivity contribution in [1.29, 1.82) is 0 Å². The maximum atomic E-state index is 10.2.